The summed E-state index contributed by atoms with van der Waals surface area (Å²) in [5.74, 6) is -0.218. The lowest BCUT2D eigenvalue weighted by Gasteiger charge is -2.32. The predicted octanol–water partition coefficient (Wildman–Crippen LogP) is 2.80. The average Bonchev–Trinajstić information content (AvgIpc) is 2.83. The van der Waals surface area contributed by atoms with E-state index < -0.39 is 5.82 Å². The largest absolute Gasteiger partial charge is 0.392 e. The highest BCUT2D eigenvalue weighted by molar-refractivity contribution is 5.81. The van der Waals surface area contributed by atoms with Crippen LogP contribution in [-0.2, 0) is 6.61 Å². The van der Waals surface area contributed by atoms with Gasteiger partial charge in [-0.25, -0.2) is 9.37 Å². The Hall–Kier alpha value is -3.54. The fourth-order valence-corrected chi connectivity index (χ4v) is 4.00. The maximum atomic E-state index is 14.4. The Morgan fingerprint density at radius 3 is 2.50 bits per heavy atom. The lowest BCUT2D eigenvalue weighted by Crippen LogP contribution is -2.42. The van der Waals surface area contributed by atoms with Crippen LogP contribution in [0.1, 0.15) is 24.0 Å². The van der Waals surface area contributed by atoms with Crippen LogP contribution in [0.5, 0.6) is 0 Å². The zero-order chi connectivity index (χ0) is 22.7. The second-order valence-electron chi connectivity index (χ2n) is 7.82. The predicted molar refractivity (Wildman–Crippen MR) is 121 cm³/mol. The van der Waals surface area contributed by atoms with Crippen LogP contribution >= 0.6 is 0 Å². The summed E-state index contributed by atoms with van der Waals surface area (Å²) in [6, 6.07) is 13.4. The Morgan fingerprint density at radius 2 is 1.91 bits per heavy atom. The number of aromatic nitrogens is 2. The number of aromatic amines is 1. The Bertz CT molecular complexity index is 1210. The lowest BCUT2D eigenvalue weighted by atomic mass is 9.98. The van der Waals surface area contributed by atoms with Gasteiger partial charge in [0.1, 0.15) is 11.9 Å². The van der Waals surface area contributed by atoms with Gasteiger partial charge in [0, 0.05) is 24.7 Å². The topological polar surface area (TPSA) is 105 Å². The molecule has 1 fully saturated rings. The van der Waals surface area contributed by atoms with E-state index in [1.54, 1.807) is 30.3 Å². The van der Waals surface area contributed by atoms with Gasteiger partial charge in [-0.3, -0.25) is 9.78 Å². The van der Waals surface area contributed by atoms with Crippen LogP contribution in [0.2, 0.25) is 0 Å². The van der Waals surface area contributed by atoms with Gasteiger partial charge in [0.2, 0.25) is 5.95 Å². The minimum Gasteiger partial charge on any atom is -0.392 e. The normalized spacial score (nSPS) is 14.4. The van der Waals surface area contributed by atoms with Crippen LogP contribution in [0.4, 0.5) is 10.3 Å². The van der Waals surface area contributed by atoms with E-state index in [-0.39, 0.29) is 17.7 Å². The maximum absolute atomic E-state index is 14.4. The zero-order valence-corrected chi connectivity index (χ0v) is 17.7. The molecule has 2 aromatic carbocycles. The van der Waals surface area contributed by atoms with Gasteiger partial charge < -0.3 is 15.3 Å². The summed E-state index contributed by atoms with van der Waals surface area (Å²) in [6.07, 6.45) is 1.84. The van der Waals surface area contributed by atoms with Crippen LogP contribution in [-0.4, -0.2) is 41.3 Å². The number of rotatable bonds is 5. The molecule has 0 aliphatic carbocycles. The third-order valence-electron chi connectivity index (χ3n) is 5.90. The number of nitrogens with zero attached hydrogens (tertiary/aromatic N) is 3. The van der Waals surface area contributed by atoms with Crippen molar-refractivity contribution in [2.45, 2.75) is 25.5 Å². The summed E-state index contributed by atoms with van der Waals surface area (Å²) in [7, 11) is 1.94. The highest BCUT2D eigenvalue weighted by Gasteiger charge is 2.23. The van der Waals surface area contributed by atoms with E-state index in [0.717, 1.165) is 25.9 Å². The number of H-pyrrole nitrogens is 1. The van der Waals surface area contributed by atoms with E-state index in [9.17, 15) is 14.3 Å². The monoisotopic (exact) mass is 433 g/mol. The van der Waals surface area contributed by atoms with Crippen LogP contribution in [0, 0.1) is 17.1 Å². The average molecular weight is 433 g/mol. The third-order valence-corrected chi connectivity index (χ3v) is 5.90. The van der Waals surface area contributed by atoms with Crippen LogP contribution < -0.4 is 15.8 Å². The summed E-state index contributed by atoms with van der Waals surface area (Å²) in [6.45, 7) is 1.37. The number of hydrogen-bond acceptors (Lipinski definition) is 6. The van der Waals surface area contributed by atoms with Gasteiger partial charge in [0.25, 0.3) is 5.56 Å². The highest BCUT2D eigenvalue weighted by Crippen LogP contribution is 2.30. The van der Waals surface area contributed by atoms with Crippen molar-refractivity contribution in [1.29, 1.82) is 5.26 Å². The number of anilines is 1. The number of nitriles is 1. The van der Waals surface area contributed by atoms with Gasteiger partial charge in [-0.15, -0.1) is 0 Å². The van der Waals surface area contributed by atoms with E-state index in [1.165, 1.54) is 12.1 Å². The van der Waals surface area contributed by atoms with Crippen LogP contribution in [0.15, 0.2) is 47.3 Å². The Balaban J connectivity index is 1.84. The zero-order valence-electron chi connectivity index (χ0n) is 17.7. The molecule has 3 N–H and O–H groups in total. The molecule has 1 aliphatic rings. The second-order valence-corrected chi connectivity index (χ2v) is 7.82. The summed E-state index contributed by atoms with van der Waals surface area (Å²) in [4.78, 5) is 22.9. The van der Waals surface area contributed by atoms with Crippen molar-refractivity contribution in [3.05, 3.63) is 69.8 Å². The molecule has 164 valence electrons. The fourth-order valence-electron chi connectivity index (χ4n) is 4.00. The number of piperidine rings is 1. The molecule has 0 spiro atoms. The van der Waals surface area contributed by atoms with Crippen molar-refractivity contribution >= 4 is 5.95 Å². The molecule has 3 aromatic rings. The van der Waals surface area contributed by atoms with Gasteiger partial charge in [-0.05, 0) is 43.1 Å². The van der Waals surface area contributed by atoms with E-state index in [4.69, 9.17) is 10.2 Å². The van der Waals surface area contributed by atoms with Gasteiger partial charge >= 0.3 is 0 Å². The maximum Gasteiger partial charge on any atom is 0.260 e. The molecule has 1 aromatic heterocycles. The van der Waals surface area contributed by atoms with Crippen LogP contribution in [0.25, 0.3) is 22.4 Å². The van der Waals surface area contributed by atoms with Gasteiger partial charge in [-0.1, -0.05) is 30.3 Å². The molecule has 0 bridgehead atoms. The summed E-state index contributed by atoms with van der Waals surface area (Å²) in [5, 5.41) is 21.7. The standard InChI is InChI=1S/C24H24FN5O2/c1-27-19-8-10-30(11-9-19)24-28-22(17-6-7-18(13-26)20(25)12-17)21(23(32)29-24)16-4-2-15(14-31)3-5-16/h2-7,12,19,27,31H,8-11,14H2,1H3,(H,28,29,32). The minimum absolute atomic E-state index is 0.0678. The first kappa shape index (κ1) is 21.7. The Kier molecular flexibility index (Phi) is 6.30. The number of benzene rings is 2. The van der Waals surface area contributed by atoms with Gasteiger partial charge in [-0.2, -0.15) is 5.26 Å². The third kappa shape index (κ3) is 4.26. The van der Waals surface area contributed by atoms with Crippen molar-refractivity contribution in [2.24, 2.45) is 0 Å². The minimum atomic E-state index is -0.662. The summed E-state index contributed by atoms with van der Waals surface area (Å²) < 4.78 is 14.4. The molecule has 4 rings (SSSR count). The SMILES string of the molecule is CNC1CCN(c2nc(-c3ccc(C#N)c(F)c3)c(-c3ccc(CO)cc3)c(=O)[nH]2)CC1. The van der Waals surface area contributed by atoms with Crippen LogP contribution in [0.3, 0.4) is 0 Å². The molecule has 2 heterocycles. The number of halogens is 1. The van der Waals surface area contributed by atoms with Gasteiger partial charge in [0.15, 0.2) is 0 Å². The molecule has 0 unspecified atom stereocenters. The fraction of sp³-hybridized carbons (Fsp3) is 0.292. The molecule has 32 heavy (non-hydrogen) atoms. The second kappa shape index (κ2) is 9.30. The molecule has 1 aliphatic heterocycles. The van der Waals surface area contributed by atoms with E-state index in [0.29, 0.717) is 39.9 Å². The molecule has 1 saturated heterocycles. The summed E-state index contributed by atoms with van der Waals surface area (Å²) >= 11 is 0. The van der Waals surface area contributed by atoms with E-state index in [1.807, 2.05) is 18.0 Å². The quantitative estimate of drug-likeness (QED) is 0.572. The molecular weight excluding hydrogens is 409 g/mol. The van der Waals surface area contributed by atoms with Gasteiger partial charge in [0.05, 0.1) is 23.4 Å². The molecule has 0 saturated carbocycles. The molecule has 0 atom stereocenters. The molecule has 0 radical (unpaired) electrons. The van der Waals surface area contributed by atoms with Crippen molar-refractivity contribution < 1.29 is 9.50 Å². The van der Waals surface area contributed by atoms with Crippen molar-refractivity contribution in [3.63, 3.8) is 0 Å². The Labute approximate surface area is 185 Å². The first-order valence-electron chi connectivity index (χ1n) is 10.5. The highest BCUT2D eigenvalue weighted by atomic mass is 19.1. The molecular formula is C24H24FN5O2. The summed E-state index contributed by atoms with van der Waals surface area (Å²) in [5.41, 5.74) is 2.00. The number of aliphatic hydroxyl groups is 1. The van der Waals surface area contributed by atoms with Crippen molar-refractivity contribution in [2.75, 3.05) is 25.0 Å². The van der Waals surface area contributed by atoms with E-state index in [2.05, 4.69) is 10.3 Å². The molecule has 8 heteroatoms. The molecule has 0 amide bonds. The van der Waals surface area contributed by atoms with Crippen molar-refractivity contribution in [3.8, 4) is 28.5 Å². The van der Waals surface area contributed by atoms with Crippen molar-refractivity contribution in [1.82, 2.24) is 15.3 Å². The number of hydrogen-bond donors (Lipinski definition) is 3. The van der Waals surface area contributed by atoms with E-state index >= 15 is 0 Å². The number of aliphatic hydroxyl groups excluding tert-OH is 1. The first-order valence-corrected chi connectivity index (χ1v) is 10.5. The smallest absolute Gasteiger partial charge is 0.260 e. The Morgan fingerprint density at radius 1 is 1.22 bits per heavy atom. The number of nitrogens with one attached hydrogen (secondary N) is 2. The molecule has 7 nitrogen and oxygen atoms in total. The first-order chi connectivity index (χ1) is 15.5. The lowest BCUT2D eigenvalue weighted by molar-refractivity contribution is 0.282.